The number of carbonyl (C=O) groups is 1. The third-order valence-corrected chi connectivity index (χ3v) is 4.77. The van der Waals surface area contributed by atoms with Crippen molar-refractivity contribution < 1.29 is 9.53 Å². The maximum atomic E-state index is 12.7. The molecule has 21 heavy (non-hydrogen) atoms. The number of fused-ring (bicyclic) bond motifs is 1. The van der Waals surface area contributed by atoms with Crippen LogP contribution in [-0.4, -0.2) is 43.7 Å². The number of anilines is 1. The summed E-state index contributed by atoms with van der Waals surface area (Å²) in [5.74, 6) is 0.657. The van der Waals surface area contributed by atoms with Crippen molar-refractivity contribution in [2.24, 2.45) is 5.92 Å². The molecule has 1 aromatic rings. The average Bonchev–Trinajstić information content (AvgIpc) is 2.54. The van der Waals surface area contributed by atoms with Crippen molar-refractivity contribution in [1.29, 1.82) is 0 Å². The zero-order chi connectivity index (χ0) is 14.8. The number of nitrogens with one attached hydrogen (secondary N) is 1. The highest BCUT2D eigenvalue weighted by Gasteiger charge is 2.29. The van der Waals surface area contributed by atoms with E-state index < -0.39 is 0 Å². The molecule has 1 N–H and O–H groups in total. The molecule has 2 unspecified atom stereocenters. The van der Waals surface area contributed by atoms with Crippen LogP contribution in [0.5, 0.6) is 0 Å². The first kappa shape index (κ1) is 14.4. The van der Waals surface area contributed by atoms with Gasteiger partial charge in [-0.3, -0.25) is 4.79 Å². The molecule has 114 valence electrons. The van der Waals surface area contributed by atoms with E-state index in [2.05, 4.69) is 18.3 Å². The number of hydrogen-bond acceptors (Lipinski definition) is 3. The molecule has 0 saturated carbocycles. The summed E-state index contributed by atoms with van der Waals surface area (Å²) in [6, 6.07) is 6.05. The van der Waals surface area contributed by atoms with Gasteiger partial charge in [-0.15, -0.1) is 0 Å². The second-order valence-corrected chi connectivity index (χ2v) is 6.19. The lowest BCUT2D eigenvalue weighted by molar-refractivity contribution is -0.00156. The summed E-state index contributed by atoms with van der Waals surface area (Å²) in [6.07, 6.45) is 3.36. The average molecular weight is 288 g/mol. The Bertz CT molecular complexity index is 530. The number of carbonyl (C=O) groups excluding carboxylic acids is 1. The van der Waals surface area contributed by atoms with E-state index in [1.165, 1.54) is 11.3 Å². The molecule has 1 fully saturated rings. The fourth-order valence-electron chi connectivity index (χ4n) is 3.32. The van der Waals surface area contributed by atoms with E-state index in [1.54, 1.807) is 7.11 Å². The Morgan fingerprint density at radius 2 is 2.29 bits per heavy atom. The standard InChI is InChI=1S/C17H24N2O2/c1-12-7-9-19(11-16(12)21-2)17(20)14-5-6-15-13(10-14)4-3-8-18-15/h5-6,10,12,16,18H,3-4,7-9,11H2,1-2H3. The fourth-order valence-corrected chi connectivity index (χ4v) is 3.32. The predicted molar refractivity (Wildman–Crippen MR) is 83.7 cm³/mol. The Balaban J connectivity index is 1.76. The van der Waals surface area contributed by atoms with Crippen molar-refractivity contribution in [2.75, 3.05) is 32.1 Å². The molecule has 2 aliphatic rings. The number of ether oxygens (including phenoxy) is 1. The third kappa shape index (κ3) is 2.91. The van der Waals surface area contributed by atoms with Crippen molar-refractivity contribution in [3.8, 4) is 0 Å². The second kappa shape index (κ2) is 6.06. The van der Waals surface area contributed by atoms with Gasteiger partial charge in [0.2, 0.25) is 0 Å². The lowest BCUT2D eigenvalue weighted by Gasteiger charge is -2.36. The molecule has 2 aliphatic heterocycles. The van der Waals surface area contributed by atoms with Crippen molar-refractivity contribution >= 4 is 11.6 Å². The largest absolute Gasteiger partial charge is 0.385 e. The minimum atomic E-state index is 0.136. The summed E-state index contributed by atoms with van der Waals surface area (Å²) in [4.78, 5) is 14.6. The number of likely N-dealkylation sites (tertiary alicyclic amines) is 1. The number of amides is 1. The first-order chi connectivity index (χ1) is 10.2. The SMILES string of the molecule is COC1CN(C(=O)c2ccc3c(c2)CCCN3)CCC1C. The zero-order valence-corrected chi connectivity index (χ0v) is 12.9. The molecule has 2 atom stereocenters. The van der Waals surface area contributed by atoms with Crippen LogP contribution in [0.15, 0.2) is 18.2 Å². The van der Waals surface area contributed by atoms with Crippen LogP contribution in [0.4, 0.5) is 5.69 Å². The minimum absolute atomic E-state index is 0.136. The monoisotopic (exact) mass is 288 g/mol. The summed E-state index contributed by atoms with van der Waals surface area (Å²) >= 11 is 0. The molecule has 0 aliphatic carbocycles. The molecular weight excluding hydrogens is 264 g/mol. The Morgan fingerprint density at radius 3 is 3.10 bits per heavy atom. The Labute approximate surface area is 126 Å². The lowest BCUT2D eigenvalue weighted by Crippen LogP contribution is -2.46. The van der Waals surface area contributed by atoms with Crippen molar-refractivity contribution in [3.63, 3.8) is 0 Å². The normalized spacial score (nSPS) is 25.1. The van der Waals surface area contributed by atoms with Crippen LogP contribution in [0.25, 0.3) is 0 Å². The summed E-state index contributed by atoms with van der Waals surface area (Å²) in [5.41, 5.74) is 3.25. The van der Waals surface area contributed by atoms with Gasteiger partial charge in [-0.05, 0) is 48.9 Å². The highest BCUT2D eigenvalue weighted by Crippen LogP contribution is 2.25. The van der Waals surface area contributed by atoms with Gasteiger partial charge in [-0.1, -0.05) is 6.92 Å². The van der Waals surface area contributed by atoms with Gasteiger partial charge < -0.3 is 15.0 Å². The van der Waals surface area contributed by atoms with Crippen LogP contribution in [-0.2, 0) is 11.2 Å². The molecule has 0 aromatic heterocycles. The van der Waals surface area contributed by atoms with Crippen LogP contribution < -0.4 is 5.32 Å². The van der Waals surface area contributed by atoms with Gasteiger partial charge in [0.1, 0.15) is 0 Å². The smallest absolute Gasteiger partial charge is 0.253 e. The quantitative estimate of drug-likeness (QED) is 0.909. The van der Waals surface area contributed by atoms with E-state index in [1.807, 2.05) is 17.0 Å². The van der Waals surface area contributed by atoms with Crippen LogP contribution >= 0.6 is 0 Å². The summed E-state index contributed by atoms with van der Waals surface area (Å²) in [7, 11) is 1.74. The Hall–Kier alpha value is -1.55. The molecule has 2 heterocycles. The maximum absolute atomic E-state index is 12.7. The van der Waals surface area contributed by atoms with Gasteiger partial charge in [-0.25, -0.2) is 0 Å². The number of benzene rings is 1. The number of piperidine rings is 1. The molecule has 1 aromatic carbocycles. The van der Waals surface area contributed by atoms with Gasteiger partial charge in [0.05, 0.1) is 6.10 Å². The first-order valence-electron chi connectivity index (χ1n) is 7.88. The van der Waals surface area contributed by atoms with Gasteiger partial charge in [0, 0.05) is 38.0 Å². The van der Waals surface area contributed by atoms with E-state index >= 15 is 0 Å². The van der Waals surface area contributed by atoms with E-state index in [4.69, 9.17) is 4.74 Å². The van der Waals surface area contributed by atoms with Crippen LogP contribution in [0, 0.1) is 5.92 Å². The number of hydrogen-bond donors (Lipinski definition) is 1. The molecule has 4 nitrogen and oxygen atoms in total. The maximum Gasteiger partial charge on any atom is 0.253 e. The van der Waals surface area contributed by atoms with Crippen molar-refractivity contribution in [1.82, 2.24) is 4.90 Å². The van der Waals surface area contributed by atoms with Crippen LogP contribution in [0.2, 0.25) is 0 Å². The summed E-state index contributed by atoms with van der Waals surface area (Å²) < 4.78 is 5.51. The van der Waals surface area contributed by atoms with E-state index in [0.29, 0.717) is 12.5 Å². The highest BCUT2D eigenvalue weighted by molar-refractivity contribution is 5.95. The first-order valence-corrected chi connectivity index (χ1v) is 7.88. The molecule has 1 amide bonds. The second-order valence-electron chi connectivity index (χ2n) is 6.19. The molecule has 0 spiro atoms. The third-order valence-electron chi connectivity index (χ3n) is 4.77. The highest BCUT2D eigenvalue weighted by atomic mass is 16.5. The fraction of sp³-hybridized carbons (Fsp3) is 0.588. The van der Waals surface area contributed by atoms with E-state index in [0.717, 1.165) is 37.9 Å². The molecule has 1 saturated heterocycles. The van der Waals surface area contributed by atoms with Gasteiger partial charge in [0.25, 0.3) is 5.91 Å². The van der Waals surface area contributed by atoms with Gasteiger partial charge in [-0.2, -0.15) is 0 Å². The topological polar surface area (TPSA) is 41.6 Å². The van der Waals surface area contributed by atoms with Gasteiger partial charge >= 0.3 is 0 Å². The van der Waals surface area contributed by atoms with Crippen molar-refractivity contribution in [2.45, 2.75) is 32.3 Å². The zero-order valence-electron chi connectivity index (χ0n) is 12.9. The minimum Gasteiger partial charge on any atom is -0.385 e. The van der Waals surface area contributed by atoms with E-state index in [-0.39, 0.29) is 12.0 Å². The number of rotatable bonds is 2. The molecule has 0 radical (unpaired) electrons. The lowest BCUT2D eigenvalue weighted by atomic mass is 9.94. The molecule has 4 heteroatoms. The Kier molecular flexibility index (Phi) is 4.15. The number of aryl methyl sites for hydroxylation is 1. The Morgan fingerprint density at radius 1 is 1.43 bits per heavy atom. The molecule has 0 bridgehead atoms. The molecular formula is C17H24N2O2. The predicted octanol–water partition coefficient (Wildman–Crippen LogP) is 2.54. The van der Waals surface area contributed by atoms with Crippen LogP contribution in [0.1, 0.15) is 35.7 Å². The van der Waals surface area contributed by atoms with Crippen molar-refractivity contribution in [3.05, 3.63) is 29.3 Å². The molecule has 3 rings (SSSR count). The summed E-state index contributed by atoms with van der Waals surface area (Å²) in [5, 5.41) is 3.39. The number of nitrogens with zero attached hydrogens (tertiary/aromatic N) is 1. The number of methoxy groups -OCH3 is 1. The van der Waals surface area contributed by atoms with Gasteiger partial charge in [0.15, 0.2) is 0 Å². The summed E-state index contributed by atoms with van der Waals surface area (Å²) in [6.45, 7) is 4.75. The van der Waals surface area contributed by atoms with Crippen LogP contribution in [0.3, 0.4) is 0 Å². The van der Waals surface area contributed by atoms with E-state index in [9.17, 15) is 4.79 Å².